The third-order valence-electron chi connectivity index (χ3n) is 2.51. The molecule has 16 heavy (non-hydrogen) atoms. The van der Waals surface area contributed by atoms with Crippen LogP contribution < -0.4 is 10.1 Å². The van der Waals surface area contributed by atoms with Crippen LogP contribution in [0.15, 0.2) is 18.2 Å². The summed E-state index contributed by atoms with van der Waals surface area (Å²) in [5.74, 6) is 0.722. The smallest absolute Gasteiger partial charge is 0.139 e. The van der Waals surface area contributed by atoms with Gasteiger partial charge in [-0.15, -0.1) is 0 Å². The summed E-state index contributed by atoms with van der Waals surface area (Å²) in [4.78, 5) is 0. The first kappa shape index (κ1) is 13.2. The van der Waals surface area contributed by atoms with E-state index in [0.29, 0.717) is 5.02 Å². The maximum Gasteiger partial charge on any atom is 0.139 e. The van der Waals surface area contributed by atoms with Gasteiger partial charge in [-0.3, -0.25) is 0 Å². The van der Waals surface area contributed by atoms with Crippen LogP contribution in [0.4, 0.5) is 5.69 Å². The normalized spacial score (nSPS) is 10.2. The molecular formula is C13H20ClNO. The second-order valence-corrected chi connectivity index (χ2v) is 4.24. The summed E-state index contributed by atoms with van der Waals surface area (Å²) in [5, 5.41) is 4.02. The van der Waals surface area contributed by atoms with Gasteiger partial charge in [0.2, 0.25) is 0 Å². The van der Waals surface area contributed by atoms with Gasteiger partial charge in [-0.25, -0.2) is 0 Å². The first-order valence-corrected chi connectivity index (χ1v) is 6.23. The quantitative estimate of drug-likeness (QED) is 0.717. The fourth-order valence-electron chi connectivity index (χ4n) is 1.55. The van der Waals surface area contributed by atoms with Crippen LogP contribution in [-0.4, -0.2) is 13.7 Å². The van der Waals surface area contributed by atoms with Gasteiger partial charge in [0, 0.05) is 18.3 Å². The van der Waals surface area contributed by atoms with E-state index in [2.05, 4.69) is 12.2 Å². The molecule has 1 aromatic carbocycles. The van der Waals surface area contributed by atoms with Crippen molar-refractivity contribution in [2.24, 2.45) is 0 Å². The predicted octanol–water partition coefficient (Wildman–Crippen LogP) is 4.34. The van der Waals surface area contributed by atoms with Crippen LogP contribution in [-0.2, 0) is 0 Å². The number of anilines is 1. The highest BCUT2D eigenvalue weighted by atomic mass is 35.5. The lowest BCUT2D eigenvalue weighted by atomic mass is 10.2. The molecular weight excluding hydrogens is 222 g/mol. The molecule has 0 aliphatic heterocycles. The lowest BCUT2D eigenvalue weighted by molar-refractivity contribution is 0.415. The second kappa shape index (κ2) is 7.39. The van der Waals surface area contributed by atoms with Gasteiger partial charge in [-0.05, 0) is 18.6 Å². The van der Waals surface area contributed by atoms with Crippen LogP contribution >= 0.6 is 11.6 Å². The lowest BCUT2D eigenvalue weighted by Crippen LogP contribution is -2.01. The van der Waals surface area contributed by atoms with Crippen molar-refractivity contribution in [1.82, 2.24) is 0 Å². The number of unbranched alkanes of at least 4 members (excludes halogenated alkanes) is 3. The summed E-state index contributed by atoms with van der Waals surface area (Å²) < 4.78 is 5.16. The second-order valence-electron chi connectivity index (χ2n) is 3.84. The molecule has 0 atom stereocenters. The number of benzene rings is 1. The third kappa shape index (κ3) is 4.31. The Morgan fingerprint density at radius 2 is 2.06 bits per heavy atom. The first-order chi connectivity index (χ1) is 7.77. The van der Waals surface area contributed by atoms with E-state index in [9.17, 15) is 0 Å². The van der Waals surface area contributed by atoms with Gasteiger partial charge in [-0.1, -0.05) is 37.8 Å². The molecule has 1 N–H and O–H groups in total. The van der Waals surface area contributed by atoms with Crippen molar-refractivity contribution >= 4 is 17.3 Å². The summed E-state index contributed by atoms with van der Waals surface area (Å²) in [5.41, 5.74) is 1.07. The van der Waals surface area contributed by atoms with Gasteiger partial charge < -0.3 is 10.1 Å². The third-order valence-corrected chi connectivity index (χ3v) is 2.82. The van der Waals surface area contributed by atoms with Crippen molar-refractivity contribution in [3.05, 3.63) is 23.2 Å². The highest BCUT2D eigenvalue weighted by Gasteiger charge is 2.00. The molecule has 2 nitrogen and oxygen atoms in total. The predicted molar refractivity (Wildman–Crippen MR) is 70.6 cm³/mol. The Hall–Kier alpha value is -0.890. The number of rotatable bonds is 7. The Morgan fingerprint density at radius 3 is 2.75 bits per heavy atom. The average molecular weight is 242 g/mol. The van der Waals surface area contributed by atoms with E-state index in [-0.39, 0.29) is 0 Å². The molecule has 1 rings (SSSR count). The number of methoxy groups -OCH3 is 1. The fourth-order valence-corrected chi connectivity index (χ4v) is 1.75. The van der Waals surface area contributed by atoms with Crippen LogP contribution in [0.2, 0.25) is 5.02 Å². The van der Waals surface area contributed by atoms with Gasteiger partial charge in [0.1, 0.15) is 5.75 Å². The highest BCUT2D eigenvalue weighted by molar-refractivity contribution is 6.32. The minimum Gasteiger partial charge on any atom is -0.495 e. The maximum atomic E-state index is 5.95. The van der Waals surface area contributed by atoms with Gasteiger partial charge in [0.05, 0.1) is 12.1 Å². The maximum absolute atomic E-state index is 5.95. The Kier molecular flexibility index (Phi) is 6.09. The van der Waals surface area contributed by atoms with Crippen molar-refractivity contribution in [2.75, 3.05) is 19.0 Å². The summed E-state index contributed by atoms with van der Waals surface area (Å²) >= 11 is 5.95. The molecule has 3 heteroatoms. The summed E-state index contributed by atoms with van der Waals surface area (Å²) in [6, 6.07) is 5.77. The molecule has 0 aromatic heterocycles. The molecule has 0 aliphatic rings. The van der Waals surface area contributed by atoms with E-state index in [1.54, 1.807) is 7.11 Å². The zero-order chi connectivity index (χ0) is 11.8. The topological polar surface area (TPSA) is 21.3 Å². The molecule has 0 fully saturated rings. The number of hydrogen-bond donors (Lipinski definition) is 1. The van der Waals surface area contributed by atoms with Crippen LogP contribution in [0.25, 0.3) is 0 Å². The summed E-state index contributed by atoms with van der Waals surface area (Å²) in [6.45, 7) is 3.22. The summed E-state index contributed by atoms with van der Waals surface area (Å²) in [6.07, 6.45) is 5.08. The number of ether oxygens (including phenoxy) is 1. The Balaban J connectivity index is 2.36. The standard InChI is InChI=1S/C13H20ClNO/c1-3-4-5-6-9-15-11-7-8-12(14)13(10-11)16-2/h7-8,10,15H,3-6,9H2,1-2H3. The average Bonchev–Trinajstić information content (AvgIpc) is 2.31. The SMILES string of the molecule is CCCCCCNc1ccc(Cl)c(OC)c1. The zero-order valence-corrected chi connectivity index (χ0v) is 10.8. The minimum absolute atomic E-state index is 0.652. The van der Waals surface area contributed by atoms with Crippen molar-refractivity contribution in [3.63, 3.8) is 0 Å². The Bertz CT molecular complexity index is 315. The molecule has 1 aromatic rings. The van der Waals surface area contributed by atoms with E-state index < -0.39 is 0 Å². The van der Waals surface area contributed by atoms with Gasteiger partial charge in [0.25, 0.3) is 0 Å². The fraction of sp³-hybridized carbons (Fsp3) is 0.538. The van der Waals surface area contributed by atoms with E-state index in [1.165, 1.54) is 25.7 Å². The van der Waals surface area contributed by atoms with Gasteiger partial charge >= 0.3 is 0 Å². The van der Waals surface area contributed by atoms with Crippen LogP contribution in [0, 0.1) is 0 Å². The Morgan fingerprint density at radius 1 is 1.25 bits per heavy atom. The van der Waals surface area contributed by atoms with Gasteiger partial charge in [0.15, 0.2) is 0 Å². The zero-order valence-electron chi connectivity index (χ0n) is 10.1. The molecule has 0 radical (unpaired) electrons. The van der Waals surface area contributed by atoms with Crippen LogP contribution in [0.1, 0.15) is 32.6 Å². The number of hydrogen-bond acceptors (Lipinski definition) is 2. The van der Waals surface area contributed by atoms with Crippen molar-refractivity contribution < 1.29 is 4.74 Å². The van der Waals surface area contributed by atoms with Gasteiger partial charge in [-0.2, -0.15) is 0 Å². The molecule has 0 saturated heterocycles. The lowest BCUT2D eigenvalue weighted by Gasteiger charge is -2.09. The minimum atomic E-state index is 0.652. The molecule has 0 unspecified atom stereocenters. The van der Waals surface area contributed by atoms with Crippen molar-refractivity contribution in [1.29, 1.82) is 0 Å². The number of nitrogens with one attached hydrogen (secondary N) is 1. The van der Waals surface area contributed by atoms with Crippen LogP contribution in [0.3, 0.4) is 0 Å². The molecule has 90 valence electrons. The molecule has 0 heterocycles. The first-order valence-electron chi connectivity index (χ1n) is 5.85. The van der Waals surface area contributed by atoms with Crippen LogP contribution in [0.5, 0.6) is 5.75 Å². The largest absolute Gasteiger partial charge is 0.495 e. The monoisotopic (exact) mass is 241 g/mol. The van der Waals surface area contributed by atoms with Crippen molar-refractivity contribution in [3.8, 4) is 5.75 Å². The van der Waals surface area contributed by atoms with E-state index in [1.807, 2.05) is 18.2 Å². The Labute approximate surface area is 103 Å². The van der Waals surface area contributed by atoms with E-state index >= 15 is 0 Å². The molecule has 0 amide bonds. The molecule has 0 spiro atoms. The van der Waals surface area contributed by atoms with E-state index in [4.69, 9.17) is 16.3 Å². The molecule has 0 bridgehead atoms. The molecule has 0 aliphatic carbocycles. The van der Waals surface area contributed by atoms with Crippen molar-refractivity contribution in [2.45, 2.75) is 32.6 Å². The highest BCUT2D eigenvalue weighted by Crippen LogP contribution is 2.27. The number of halogens is 1. The van der Waals surface area contributed by atoms with E-state index in [0.717, 1.165) is 18.0 Å². The summed E-state index contributed by atoms with van der Waals surface area (Å²) in [7, 11) is 1.63. The molecule has 0 saturated carbocycles.